The molecule has 2 fully saturated rings. The molecule has 2 rings (SSSR count). The molecule has 0 saturated carbocycles. The number of ether oxygens (including phenoxy) is 6. The van der Waals surface area contributed by atoms with E-state index >= 15 is 0 Å². The number of aliphatic hydroxyl groups is 7. The van der Waals surface area contributed by atoms with Gasteiger partial charge in [-0.05, 0) is 64.2 Å². The molecule has 0 aromatic heterocycles. The lowest BCUT2D eigenvalue weighted by Crippen LogP contribution is -2.61. The molecule has 2 aliphatic heterocycles. The Labute approximate surface area is 396 Å². The third-order valence-corrected chi connectivity index (χ3v) is 12.4. The minimum atomic E-state index is -1.77. The van der Waals surface area contributed by atoms with Gasteiger partial charge in [0.2, 0.25) is 0 Å². The first-order valence-corrected chi connectivity index (χ1v) is 25.9. The van der Waals surface area contributed by atoms with Crippen LogP contribution in [0.5, 0.6) is 0 Å². The Morgan fingerprint density at radius 1 is 0.470 bits per heavy atom. The van der Waals surface area contributed by atoms with Crippen molar-refractivity contribution in [2.75, 3.05) is 26.4 Å². The van der Waals surface area contributed by atoms with Gasteiger partial charge in [-0.3, -0.25) is 9.59 Å². The van der Waals surface area contributed by atoms with Gasteiger partial charge in [-0.25, -0.2) is 0 Å². The number of esters is 2. The van der Waals surface area contributed by atoms with Gasteiger partial charge < -0.3 is 64.2 Å². The Balaban J connectivity index is 1.83. The fraction of sp³-hybridized carbons (Fsp3) is 0.882. The molecule has 15 nitrogen and oxygen atoms in total. The van der Waals surface area contributed by atoms with E-state index in [4.69, 9.17) is 28.4 Å². The van der Waals surface area contributed by atoms with Crippen molar-refractivity contribution < 1.29 is 73.8 Å². The average molecular weight is 945 g/mol. The van der Waals surface area contributed by atoms with E-state index in [9.17, 15) is 45.3 Å². The summed E-state index contributed by atoms with van der Waals surface area (Å²) in [7, 11) is 0. The van der Waals surface area contributed by atoms with E-state index in [1.807, 2.05) is 0 Å². The Bertz CT molecular complexity index is 1250. The van der Waals surface area contributed by atoms with Gasteiger partial charge in [-0.1, -0.05) is 141 Å². The lowest BCUT2D eigenvalue weighted by molar-refractivity contribution is -0.332. The summed E-state index contributed by atoms with van der Waals surface area (Å²) in [4.78, 5) is 25.7. The fourth-order valence-corrected chi connectivity index (χ4v) is 8.09. The van der Waals surface area contributed by atoms with E-state index < -0.39 is 99.3 Å². The third-order valence-electron chi connectivity index (χ3n) is 12.4. The molecular weight excluding hydrogens is 853 g/mol. The molecule has 66 heavy (non-hydrogen) atoms. The van der Waals surface area contributed by atoms with Crippen molar-refractivity contribution in [2.24, 2.45) is 0 Å². The van der Waals surface area contributed by atoms with Crippen LogP contribution in [0.3, 0.4) is 0 Å². The highest BCUT2D eigenvalue weighted by molar-refractivity contribution is 5.70. The van der Waals surface area contributed by atoms with Crippen molar-refractivity contribution in [2.45, 2.75) is 261 Å². The SMILES string of the molecule is CCCCCCCCCC/C=C/CCCCCC(=O)OC[C@H](CO[C@@H]1O[C@H](CO[C@@H]2O[C@H](CO)[C@H](O)C(O)C2O)[C@H](O)C(O)C1O)OC(=O)CCCC/C=C/CCCCCCCCCCC. The number of aliphatic hydroxyl groups excluding tert-OH is 7. The smallest absolute Gasteiger partial charge is 0.306 e. The third kappa shape index (κ3) is 26.7. The normalized spacial score (nSPS) is 26.3. The zero-order valence-corrected chi connectivity index (χ0v) is 40.7. The molecule has 2 heterocycles. The second kappa shape index (κ2) is 38.8. The van der Waals surface area contributed by atoms with Gasteiger partial charge >= 0.3 is 11.9 Å². The highest BCUT2D eigenvalue weighted by Gasteiger charge is 2.47. The van der Waals surface area contributed by atoms with Crippen LogP contribution in [0.15, 0.2) is 24.3 Å². The maximum absolute atomic E-state index is 13.0. The molecule has 0 bridgehead atoms. The predicted octanol–water partition coefficient (Wildman–Crippen LogP) is 7.16. The zero-order chi connectivity index (χ0) is 48.2. The molecule has 0 aromatic carbocycles. The molecule has 0 aliphatic carbocycles. The van der Waals surface area contributed by atoms with Crippen molar-refractivity contribution in [3.8, 4) is 0 Å². The molecule has 7 N–H and O–H groups in total. The molecule has 11 atom stereocenters. The van der Waals surface area contributed by atoms with Crippen molar-refractivity contribution in [3.63, 3.8) is 0 Å². The summed E-state index contributed by atoms with van der Waals surface area (Å²) in [6.07, 6.45) is 22.1. The molecule has 0 amide bonds. The van der Waals surface area contributed by atoms with E-state index in [0.717, 1.165) is 44.9 Å². The maximum Gasteiger partial charge on any atom is 0.306 e. The monoisotopic (exact) mass is 945 g/mol. The number of allylic oxidation sites excluding steroid dienone is 4. The van der Waals surface area contributed by atoms with E-state index in [2.05, 4.69) is 38.2 Å². The molecule has 386 valence electrons. The van der Waals surface area contributed by atoms with E-state index in [-0.39, 0.29) is 19.4 Å². The van der Waals surface area contributed by atoms with Crippen LogP contribution in [-0.2, 0) is 38.0 Å². The van der Waals surface area contributed by atoms with Crippen LogP contribution in [0.2, 0.25) is 0 Å². The summed E-state index contributed by atoms with van der Waals surface area (Å²) in [5.74, 6) is -0.964. The van der Waals surface area contributed by atoms with E-state index in [1.54, 1.807) is 0 Å². The summed E-state index contributed by atoms with van der Waals surface area (Å²) in [6, 6.07) is 0. The first kappa shape index (κ1) is 60.1. The van der Waals surface area contributed by atoms with Crippen LogP contribution >= 0.6 is 0 Å². The summed E-state index contributed by atoms with van der Waals surface area (Å²) < 4.78 is 33.5. The van der Waals surface area contributed by atoms with Crippen LogP contribution in [0.1, 0.15) is 194 Å². The summed E-state index contributed by atoms with van der Waals surface area (Å²) in [5.41, 5.74) is 0. The van der Waals surface area contributed by atoms with Gasteiger partial charge in [-0.15, -0.1) is 0 Å². The second-order valence-corrected chi connectivity index (χ2v) is 18.3. The number of rotatable bonds is 40. The summed E-state index contributed by atoms with van der Waals surface area (Å²) in [5, 5.41) is 72.0. The van der Waals surface area contributed by atoms with Crippen LogP contribution in [0.25, 0.3) is 0 Å². The number of carbonyl (C=O) groups is 2. The molecule has 2 saturated heterocycles. The molecule has 4 unspecified atom stereocenters. The topological polar surface area (TPSA) is 231 Å². The average Bonchev–Trinajstić information content (AvgIpc) is 3.31. The predicted molar refractivity (Wildman–Crippen MR) is 252 cm³/mol. The van der Waals surface area contributed by atoms with Crippen molar-refractivity contribution >= 4 is 11.9 Å². The fourth-order valence-electron chi connectivity index (χ4n) is 8.09. The van der Waals surface area contributed by atoms with Crippen LogP contribution < -0.4 is 0 Å². The van der Waals surface area contributed by atoms with Crippen molar-refractivity contribution in [1.82, 2.24) is 0 Å². The number of carbonyl (C=O) groups excluding carboxylic acids is 2. The molecule has 0 radical (unpaired) electrons. The van der Waals surface area contributed by atoms with Gasteiger partial charge in [0.15, 0.2) is 18.7 Å². The first-order chi connectivity index (χ1) is 32.0. The first-order valence-electron chi connectivity index (χ1n) is 25.9. The molecule has 2 aliphatic rings. The van der Waals surface area contributed by atoms with Gasteiger partial charge in [0.05, 0.1) is 19.8 Å². The lowest BCUT2D eigenvalue weighted by atomic mass is 9.98. The Kier molecular flexibility index (Phi) is 35.3. The highest BCUT2D eigenvalue weighted by atomic mass is 16.7. The van der Waals surface area contributed by atoms with Crippen molar-refractivity contribution in [1.29, 1.82) is 0 Å². The molecule has 15 heteroatoms. The quantitative estimate of drug-likeness (QED) is 0.0184. The largest absolute Gasteiger partial charge is 0.462 e. The van der Waals surface area contributed by atoms with Crippen molar-refractivity contribution in [3.05, 3.63) is 24.3 Å². The lowest BCUT2D eigenvalue weighted by Gasteiger charge is -2.42. The van der Waals surface area contributed by atoms with E-state index in [0.29, 0.717) is 12.8 Å². The summed E-state index contributed by atoms with van der Waals surface area (Å²) >= 11 is 0. The minimum Gasteiger partial charge on any atom is -0.462 e. The van der Waals surface area contributed by atoms with Crippen LogP contribution in [0.4, 0.5) is 0 Å². The number of unbranched alkanes of at least 4 members (excludes halogenated alkanes) is 22. The van der Waals surface area contributed by atoms with E-state index in [1.165, 1.54) is 109 Å². The Morgan fingerprint density at radius 2 is 0.864 bits per heavy atom. The van der Waals surface area contributed by atoms with Gasteiger partial charge in [0.1, 0.15) is 55.4 Å². The summed E-state index contributed by atoms with van der Waals surface area (Å²) in [6.45, 7) is 2.56. The zero-order valence-electron chi connectivity index (χ0n) is 40.7. The molecule has 0 spiro atoms. The molecule has 0 aromatic rings. The Hall–Kier alpha value is -2.02. The van der Waals surface area contributed by atoms with Gasteiger partial charge in [0.25, 0.3) is 0 Å². The van der Waals surface area contributed by atoms with Crippen LogP contribution in [0, 0.1) is 0 Å². The van der Waals surface area contributed by atoms with Gasteiger partial charge in [-0.2, -0.15) is 0 Å². The minimum absolute atomic E-state index is 0.134. The second-order valence-electron chi connectivity index (χ2n) is 18.3. The number of hydrogen-bond acceptors (Lipinski definition) is 15. The standard InChI is InChI=1S/C51H92O15/c1-3-5-7-9-11-13-15-17-19-21-23-25-27-29-31-33-42(53)61-36-39(64-43(54)34-32-30-28-26-24-22-20-18-16-14-12-10-8-6-4-2)37-62-50-49(60)47(58)45(56)41(66-50)38-63-51-48(59)46(57)44(55)40(35-52)65-51/h21,23-24,26,39-41,44-52,55-60H,3-20,22,25,27-38H2,1-2H3/b23-21+,26-24+/t39-,40-,41-,44+,45+,46?,47?,48?,49?,50-,51-/m1/s1. The molecular formula is C51H92O15. The van der Waals surface area contributed by atoms with Gasteiger partial charge in [0, 0.05) is 12.8 Å². The number of hydrogen-bond donors (Lipinski definition) is 7. The highest BCUT2D eigenvalue weighted by Crippen LogP contribution is 2.26. The Morgan fingerprint density at radius 3 is 1.36 bits per heavy atom. The maximum atomic E-state index is 13.0. The van der Waals surface area contributed by atoms with Crippen LogP contribution in [-0.4, -0.2) is 142 Å².